The molecule has 98 valence electrons. The fourth-order valence-electron chi connectivity index (χ4n) is 2.54. The van der Waals surface area contributed by atoms with E-state index >= 15 is 0 Å². The predicted molar refractivity (Wildman–Crippen MR) is 75.5 cm³/mol. The van der Waals surface area contributed by atoms with Crippen molar-refractivity contribution in [2.75, 3.05) is 32.1 Å². The van der Waals surface area contributed by atoms with Gasteiger partial charge in [-0.05, 0) is 52.1 Å². The summed E-state index contributed by atoms with van der Waals surface area (Å²) in [5.74, 6) is 0. The summed E-state index contributed by atoms with van der Waals surface area (Å²) in [7, 11) is 4.25. The van der Waals surface area contributed by atoms with Gasteiger partial charge in [0.25, 0.3) is 0 Å². The zero-order valence-corrected chi connectivity index (χ0v) is 11.7. The van der Waals surface area contributed by atoms with Crippen LogP contribution in [0.3, 0.4) is 0 Å². The van der Waals surface area contributed by atoms with E-state index in [1.807, 2.05) is 12.1 Å². The average molecular weight is 246 g/mol. The van der Waals surface area contributed by atoms with E-state index in [0.29, 0.717) is 0 Å². The first-order valence-corrected chi connectivity index (χ1v) is 6.44. The van der Waals surface area contributed by atoms with E-state index in [1.54, 1.807) is 0 Å². The van der Waals surface area contributed by atoms with Crippen molar-refractivity contribution in [3.63, 3.8) is 0 Å². The van der Waals surface area contributed by atoms with Gasteiger partial charge in [0.1, 0.15) is 0 Å². The normalized spacial score (nSPS) is 23.7. The van der Waals surface area contributed by atoms with E-state index in [2.05, 4.69) is 43.8 Å². The second-order valence-corrected chi connectivity index (χ2v) is 5.74. The molecule has 0 spiro atoms. The molecule has 0 bridgehead atoms. The molecule has 3 heteroatoms. The molecule has 1 heterocycles. The number of carbonyl (C=O) groups is 1. The van der Waals surface area contributed by atoms with Crippen LogP contribution in [0.2, 0.25) is 0 Å². The van der Waals surface area contributed by atoms with Crippen LogP contribution in [0.25, 0.3) is 0 Å². The molecule has 1 unspecified atom stereocenters. The van der Waals surface area contributed by atoms with Gasteiger partial charge in [-0.25, -0.2) is 0 Å². The Bertz CT molecular complexity index is 456. The lowest BCUT2D eigenvalue weighted by Gasteiger charge is -2.32. The molecular weight excluding hydrogens is 224 g/mol. The monoisotopic (exact) mass is 246 g/mol. The summed E-state index contributed by atoms with van der Waals surface area (Å²) in [6.07, 6.45) is 2.09. The number of hydrogen-bond acceptors (Lipinski definition) is 3. The van der Waals surface area contributed by atoms with Crippen molar-refractivity contribution >= 4 is 12.0 Å². The molecule has 1 aliphatic rings. The van der Waals surface area contributed by atoms with Crippen molar-refractivity contribution in [2.45, 2.75) is 25.8 Å². The predicted octanol–water partition coefficient (Wildman–Crippen LogP) is 2.34. The quantitative estimate of drug-likeness (QED) is 0.765. The number of benzene rings is 1. The second kappa shape index (κ2) is 4.73. The Morgan fingerprint density at radius 2 is 2.11 bits per heavy atom. The van der Waals surface area contributed by atoms with Crippen LogP contribution in [0.5, 0.6) is 0 Å². The third-order valence-corrected chi connectivity index (χ3v) is 4.19. The van der Waals surface area contributed by atoms with Gasteiger partial charge in [0.15, 0.2) is 6.29 Å². The molecule has 0 radical (unpaired) electrons. The Kier molecular flexibility index (Phi) is 3.44. The molecule has 1 fully saturated rings. The summed E-state index contributed by atoms with van der Waals surface area (Å²) in [6.45, 7) is 6.34. The molecule has 1 saturated heterocycles. The number of rotatable bonds is 3. The molecule has 1 aromatic rings. The number of aryl methyl sites for hydroxylation is 1. The number of nitrogens with zero attached hydrogens (tertiary/aromatic N) is 2. The van der Waals surface area contributed by atoms with Crippen LogP contribution in [0.1, 0.15) is 29.3 Å². The average Bonchev–Trinajstić information content (AvgIpc) is 2.73. The smallest absolute Gasteiger partial charge is 0.152 e. The molecule has 2 rings (SSSR count). The highest BCUT2D eigenvalue weighted by atomic mass is 16.1. The van der Waals surface area contributed by atoms with Gasteiger partial charge in [-0.3, -0.25) is 4.79 Å². The van der Waals surface area contributed by atoms with Crippen LogP contribution in [-0.2, 0) is 0 Å². The van der Waals surface area contributed by atoms with Gasteiger partial charge < -0.3 is 9.80 Å². The fourth-order valence-corrected chi connectivity index (χ4v) is 2.54. The molecule has 18 heavy (non-hydrogen) atoms. The highest BCUT2D eigenvalue weighted by Crippen LogP contribution is 2.31. The molecule has 1 aliphatic heterocycles. The summed E-state index contributed by atoms with van der Waals surface area (Å²) in [4.78, 5) is 15.8. The zero-order valence-electron chi connectivity index (χ0n) is 11.7. The zero-order chi connectivity index (χ0) is 13.3. The van der Waals surface area contributed by atoms with E-state index in [-0.39, 0.29) is 5.54 Å². The molecule has 0 saturated carbocycles. The van der Waals surface area contributed by atoms with Crippen LogP contribution < -0.4 is 4.90 Å². The topological polar surface area (TPSA) is 23.6 Å². The van der Waals surface area contributed by atoms with Gasteiger partial charge in [0.2, 0.25) is 0 Å². The molecule has 0 amide bonds. The van der Waals surface area contributed by atoms with Crippen LogP contribution in [-0.4, -0.2) is 43.9 Å². The van der Waals surface area contributed by atoms with Gasteiger partial charge in [-0.2, -0.15) is 0 Å². The van der Waals surface area contributed by atoms with Crippen LogP contribution in [0, 0.1) is 6.92 Å². The Hall–Kier alpha value is -1.35. The summed E-state index contributed by atoms with van der Waals surface area (Å²) < 4.78 is 0. The first-order valence-electron chi connectivity index (χ1n) is 6.44. The number of carbonyl (C=O) groups excluding carboxylic acids is 1. The Morgan fingerprint density at radius 3 is 2.67 bits per heavy atom. The van der Waals surface area contributed by atoms with Crippen molar-refractivity contribution in [3.8, 4) is 0 Å². The van der Waals surface area contributed by atoms with Gasteiger partial charge in [-0.15, -0.1) is 0 Å². The number of aldehydes is 1. The van der Waals surface area contributed by atoms with E-state index in [0.717, 1.165) is 37.0 Å². The molecule has 1 atom stereocenters. The number of likely N-dealkylation sites (N-methyl/N-ethyl adjacent to an activating group) is 1. The van der Waals surface area contributed by atoms with E-state index in [9.17, 15) is 4.79 Å². The Labute approximate surface area is 109 Å². The van der Waals surface area contributed by atoms with Crippen molar-refractivity contribution in [1.29, 1.82) is 0 Å². The van der Waals surface area contributed by atoms with Crippen molar-refractivity contribution < 1.29 is 4.79 Å². The highest BCUT2D eigenvalue weighted by molar-refractivity contribution is 5.85. The molecular formula is C15H22N2O. The van der Waals surface area contributed by atoms with Crippen molar-refractivity contribution in [1.82, 2.24) is 4.90 Å². The van der Waals surface area contributed by atoms with E-state index in [4.69, 9.17) is 0 Å². The minimum atomic E-state index is 0.198. The number of hydrogen-bond donors (Lipinski definition) is 0. The van der Waals surface area contributed by atoms with Gasteiger partial charge in [-0.1, -0.05) is 6.07 Å². The molecule has 0 aliphatic carbocycles. The van der Waals surface area contributed by atoms with Gasteiger partial charge in [0.05, 0.1) is 0 Å². The third-order valence-electron chi connectivity index (χ3n) is 4.19. The van der Waals surface area contributed by atoms with Crippen molar-refractivity contribution in [3.05, 3.63) is 29.3 Å². The Balaban J connectivity index is 2.29. The van der Waals surface area contributed by atoms with Crippen molar-refractivity contribution in [2.24, 2.45) is 0 Å². The Morgan fingerprint density at radius 1 is 1.39 bits per heavy atom. The fraction of sp³-hybridized carbons (Fsp3) is 0.533. The lowest BCUT2D eigenvalue weighted by Crippen LogP contribution is -2.43. The van der Waals surface area contributed by atoms with Crippen LogP contribution >= 0.6 is 0 Å². The van der Waals surface area contributed by atoms with E-state index < -0.39 is 0 Å². The van der Waals surface area contributed by atoms with E-state index in [1.165, 1.54) is 5.56 Å². The van der Waals surface area contributed by atoms with Crippen LogP contribution in [0.15, 0.2) is 18.2 Å². The SMILES string of the molecule is Cc1ccc(C=O)c(N2CCC(C)(N(C)C)C2)c1. The maximum absolute atomic E-state index is 11.2. The second-order valence-electron chi connectivity index (χ2n) is 5.74. The molecule has 0 aromatic heterocycles. The third kappa shape index (κ3) is 2.27. The van der Waals surface area contributed by atoms with Crippen LogP contribution in [0.4, 0.5) is 5.69 Å². The maximum Gasteiger partial charge on any atom is 0.152 e. The van der Waals surface area contributed by atoms with Gasteiger partial charge in [0, 0.05) is 29.9 Å². The maximum atomic E-state index is 11.2. The summed E-state index contributed by atoms with van der Waals surface area (Å²) in [5.41, 5.74) is 3.28. The first kappa shape index (κ1) is 13.1. The summed E-state index contributed by atoms with van der Waals surface area (Å²) >= 11 is 0. The highest BCUT2D eigenvalue weighted by Gasteiger charge is 2.36. The summed E-state index contributed by atoms with van der Waals surface area (Å²) in [5, 5.41) is 0. The molecule has 1 aromatic carbocycles. The summed E-state index contributed by atoms with van der Waals surface area (Å²) in [6, 6.07) is 6.03. The lowest BCUT2D eigenvalue weighted by atomic mass is 10.0. The van der Waals surface area contributed by atoms with Gasteiger partial charge >= 0.3 is 0 Å². The minimum absolute atomic E-state index is 0.198. The standard InChI is InChI=1S/C15H22N2O/c1-12-5-6-13(10-18)14(9-12)17-8-7-15(2,11-17)16(3)4/h5-6,9-10H,7-8,11H2,1-4H3. The lowest BCUT2D eigenvalue weighted by molar-refractivity contribution is 0.112. The molecule has 3 nitrogen and oxygen atoms in total. The molecule has 0 N–H and O–H groups in total. The minimum Gasteiger partial charge on any atom is -0.369 e. The number of anilines is 1. The largest absolute Gasteiger partial charge is 0.369 e. The first-order chi connectivity index (χ1) is 8.46.